The Morgan fingerprint density at radius 3 is 2.48 bits per heavy atom. The molecule has 7 heteroatoms. The second kappa shape index (κ2) is 10.8. The van der Waals surface area contributed by atoms with Crippen molar-refractivity contribution in [2.75, 3.05) is 6.61 Å². The first kappa shape index (κ1) is 21.1. The fraction of sp³-hybridized carbons (Fsp3) is 0.0909. The van der Waals surface area contributed by atoms with Crippen molar-refractivity contribution in [1.29, 1.82) is 0 Å². The second-order valence-electron chi connectivity index (χ2n) is 5.97. The van der Waals surface area contributed by atoms with E-state index < -0.39 is 0 Å². The van der Waals surface area contributed by atoms with Crippen molar-refractivity contribution < 1.29 is 14.3 Å². The van der Waals surface area contributed by atoms with Gasteiger partial charge < -0.3 is 9.47 Å². The number of rotatable bonds is 8. The molecular formula is C22H18Br2N2O3. The Balaban J connectivity index is 1.52. The minimum absolute atomic E-state index is 0.149. The number of carbonyl (C=O) groups is 1. The number of amides is 1. The highest BCUT2D eigenvalue weighted by Crippen LogP contribution is 2.28. The fourth-order valence-electron chi connectivity index (χ4n) is 2.40. The number of benzene rings is 3. The van der Waals surface area contributed by atoms with E-state index in [0.717, 1.165) is 20.1 Å². The third-order valence-electron chi connectivity index (χ3n) is 3.80. The number of hydrogen-bond donors (Lipinski definition) is 1. The van der Waals surface area contributed by atoms with Crippen molar-refractivity contribution >= 4 is 44.0 Å². The van der Waals surface area contributed by atoms with Gasteiger partial charge in [-0.2, -0.15) is 5.10 Å². The van der Waals surface area contributed by atoms with Crippen LogP contribution in [0.5, 0.6) is 11.5 Å². The molecule has 1 N–H and O–H groups in total. The maximum absolute atomic E-state index is 12.0. The molecule has 0 spiro atoms. The lowest BCUT2D eigenvalue weighted by molar-refractivity contribution is -0.123. The Kier molecular flexibility index (Phi) is 7.84. The van der Waals surface area contributed by atoms with Crippen molar-refractivity contribution in [3.63, 3.8) is 0 Å². The van der Waals surface area contributed by atoms with Crippen LogP contribution < -0.4 is 14.9 Å². The Hall–Kier alpha value is -2.64. The van der Waals surface area contributed by atoms with Crippen LogP contribution in [0.3, 0.4) is 0 Å². The normalized spacial score (nSPS) is 10.7. The fourth-order valence-corrected chi connectivity index (χ4v) is 3.56. The maximum Gasteiger partial charge on any atom is 0.277 e. The number of nitrogens with zero attached hydrogens (tertiary/aromatic N) is 1. The van der Waals surface area contributed by atoms with Gasteiger partial charge in [-0.05, 0) is 51.8 Å². The molecule has 0 aliphatic heterocycles. The average Bonchev–Trinajstić information content (AvgIpc) is 2.73. The largest absolute Gasteiger partial charge is 0.488 e. The molecule has 0 saturated carbocycles. The standard InChI is InChI=1S/C22H18Br2N2O3/c23-18-10-11-21(19(24)12-18)29-15-22(27)26-25-13-17-8-4-5-9-20(17)28-14-16-6-2-1-3-7-16/h1-13H,14-15H2,(H,26,27)/b25-13-. The molecule has 0 heterocycles. The van der Waals surface area contributed by atoms with Crippen molar-refractivity contribution in [2.45, 2.75) is 6.61 Å². The zero-order valence-corrected chi connectivity index (χ0v) is 18.5. The zero-order chi connectivity index (χ0) is 20.5. The summed E-state index contributed by atoms with van der Waals surface area (Å²) in [7, 11) is 0. The lowest BCUT2D eigenvalue weighted by Gasteiger charge is -2.09. The smallest absolute Gasteiger partial charge is 0.277 e. The molecule has 0 radical (unpaired) electrons. The number of carbonyl (C=O) groups excluding carboxylic acids is 1. The van der Waals surface area contributed by atoms with Crippen LogP contribution in [0, 0.1) is 0 Å². The molecule has 3 aromatic rings. The van der Waals surface area contributed by atoms with Crippen LogP contribution >= 0.6 is 31.9 Å². The molecule has 0 unspecified atom stereocenters. The average molecular weight is 518 g/mol. The van der Waals surface area contributed by atoms with E-state index in [2.05, 4.69) is 42.4 Å². The van der Waals surface area contributed by atoms with E-state index in [1.54, 1.807) is 12.3 Å². The minimum Gasteiger partial charge on any atom is -0.488 e. The first-order chi connectivity index (χ1) is 14.1. The van der Waals surface area contributed by atoms with Gasteiger partial charge in [0.2, 0.25) is 0 Å². The summed E-state index contributed by atoms with van der Waals surface area (Å²) in [5, 5.41) is 4.00. The number of hydrazone groups is 1. The lowest BCUT2D eigenvalue weighted by Crippen LogP contribution is -2.24. The first-order valence-corrected chi connectivity index (χ1v) is 10.4. The quantitative estimate of drug-likeness (QED) is 0.325. The molecule has 29 heavy (non-hydrogen) atoms. The Bertz CT molecular complexity index is 994. The highest BCUT2D eigenvalue weighted by molar-refractivity contribution is 9.11. The molecule has 148 valence electrons. The van der Waals surface area contributed by atoms with Gasteiger partial charge >= 0.3 is 0 Å². The predicted molar refractivity (Wildman–Crippen MR) is 120 cm³/mol. The number of ether oxygens (including phenoxy) is 2. The van der Waals surface area contributed by atoms with Crippen LogP contribution in [-0.2, 0) is 11.4 Å². The molecule has 3 aromatic carbocycles. The second-order valence-corrected chi connectivity index (χ2v) is 7.74. The van der Waals surface area contributed by atoms with Gasteiger partial charge in [0, 0.05) is 10.0 Å². The number of nitrogens with one attached hydrogen (secondary N) is 1. The molecule has 0 aromatic heterocycles. The van der Waals surface area contributed by atoms with E-state index in [9.17, 15) is 4.79 Å². The molecule has 3 rings (SSSR count). The Morgan fingerprint density at radius 1 is 0.931 bits per heavy atom. The summed E-state index contributed by atoms with van der Waals surface area (Å²) in [6.45, 7) is 0.303. The molecule has 5 nitrogen and oxygen atoms in total. The van der Waals surface area contributed by atoms with Crippen molar-refractivity contribution in [2.24, 2.45) is 5.10 Å². The minimum atomic E-state index is -0.362. The van der Waals surface area contributed by atoms with E-state index >= 15 is 0 Å². The molecule has 1 amide bonds. The van der Waals surface area contributed by atoms with Crippen LogP contribution in [0.2, 0.25) is 0 Å². The van der Waals surface area contributed by atoms with E-state index in [4.69, 9.17) is 9.47 Å². The zero-order valence-electron chi connectivity index (χ0n) is 15.3. The van der Waals surface area contributed by atoms with Crippen LogP contribution in [0.15, 0.2) is 86.8 Å². The summed E-state index contributed by atoms with van der Waals surface area (Å²) < 4.78 is 13.0. The van der Waals surface area contributed by atoms with Crippen molar-refractivity contribution in [1.82, 2.24) is 5.43 Å². The van der Waals surface area contributed by atoms with Gasteiger partial charge in [-0.3, -0.25) is 4.79 Å². The summed E-state index contributed by atoms with van der Waals surface area (Å²) in [5.74, 6) is 0.898. The molecule has 0 atom stereocenters. The third-order valence-corrected chi connectivity index (χ3v) is 4.91. The van der Waals surface area contributed by atoms with Gasteiger partial charge in [0.1, 0.15) is 18.1 Å². The highest BCUT2D eigenvalue weighted by atomic mass is 79.9. The molecule has 0 fully saturated rings. The molecule has 0 bridgehead atoms. The predicted octanol–water partition coefficient (Wildman–Crippen LogP) is 5.32. The van der Waals surface area contributed by atoms with E-state index in [-0.39, 0.29) is 12.5 Å². The number of halogens is 2. The van der Waals surface area contributed by atoms with Gasteiger partial charge in [-0.1, -0.05) is 58.4 Å². The Labute approximate surface area is 186 Å². The molecular weight excluding hydrogens is 500 g/mol. The maximum atomic E-state index is 12.0. The monoisotopic (exact) mass is 516 g/mol. The Morgan fingerprint density at radius 2 is 1.69 bits per heavy atom. The SMILES string of the molecule is O=C(COc1ccc(Br)cc1Br)N/N=C\c1ccccc1OCc1ccccc1. The van der Waals surface area contributed by atoms with Crippen molar-refractivity contribution in [3.8, 4) is 11.5 Å². The van der Waals surface area contributed by atoms with E-state index in [1.165, 1.54) is 0 Å². The van der Waals surface area contributed by atoms with Crippen molar-refractivity contribution in [3.05, 3.63) is 92.9 Å². The van der Waals surface area contributed by atoms with Gasteiger partial charge in [-0.15, -0.1) is 0 Å². The molecule has 0 aliphatic rings. The van der Waals surface area contributed by atoms with Gasteiger partial charge in [-0.25, -0.2) is 5.43 Å². The number of hydrogen-bond acceptors (Lipinski definition) is 4. The lowest BCUT2D eigenvalue weighted by atomic mass is 10.2. The summed E-state index contributed by atoms with van der Waals surface area (Å²) in [4.78, 5) is 12.0. The van der Waals surface area contributed by atoms with E-state index in [1.807, 2.05) is 66.7 Å². The number of para-hydroxylation sites is 1. The van der Waals surface area contributed by atoms with Crippen LogP contribution in [0.4, 0.5) is 0 Å². The van der Waals surface area contributed by atoms with Crippen LogP contribution in [0.1, 0.15) is 11.1 Å². The highest BCUT2D eigenvalue weighted by Gasteiger charge is 2.06. The van der Waals surface area contributed by atoms with Crippen LogP contribution in [-0.4, -0.2) is 18.7 Å². The third kappa shape index (κ3) is 6.73. The van der Waals surface area contributed by atoms with Gasteiger partial charge in [0.15, 0.2) is 6.61 Å². The van der Waals surface area contributed by atoms with E-state index in [0.29, 0.717) is 18.1 Å². The molecule has 0 aliphatic carbocycles. The summed E-state index contributed by atoms with van der Waals surface area (Å²) in [6.07, 6.45) is 1.55. The topological polar surface area (TPSA) is 59.9 Å². The first-order valence-electron chi connectivity index (χ1n) is 8.77. The summed E-state index contributed by atoms with van der Waals surface area (Å²) in [6, 6.07) is 22.9. The summed E-state index contributed by atoms with van der Waals surface area (Å²) in [5.41, 5.74) is 4.30. The van der Waals surface area contributed by atoms with Crippen LogP contribution in [0.25, 0.3) is 0 Å². The summed E-state index contributed by atoms with van der Waals surface area (Å²) >= 11 is 6.76. The van der Waals surface area contributed by atoms with Gasteiger partial charge in [0.25, 0.3) is 5.91 Å². The van der Waals surface area contributed by atoms with Gasteiger partial charge in [0.05, 0.1) is 10.7 Å². The molecule has 0 saturated heterocycles.